The average Bonchev–Trinajstić information content (AvgIpc) is 2.34. The SMILES string of the molecule is CCCCC(CN)NC(=O)c1ccc(F)cc1Br.Cl. The van der Waals surface area contributed by atoms with E-state index in [0.29, 0.717) is 16.6 Å². The molecule has 3 nitrogen and oxygen atoms in total. The van der Waals surface area contributed by atoms with Gasteiger partial charge in [-0.1, -0.05) is 19.8 Å². The molecule has 0 heterocycles. The summed E-state index contributed by atoms with van der Waals surface area (Å²) in [5.41, 5.74) is 6.04. The van der Waals surface area contributed by atoms with Crippen molar-refractivity contribution in [1.29, 1.82) is 0 Å². The van der Waals surface area contributed by atoms with E-state index < -0.39 is 0 Å². The van der Waals surface area contributed by atoms with E-state index in [9.17, 15) is 9.18 Å². The highest BCUT2D eigenvalue weighted by atomic mass is 79.9. The Labute approximate surface area is 127 Å². The number of carbonyl (C=O) groups is 1. The number of carbonyl (C=O) groups excluding carboxylic acids is 1. The molecule has 1 unspecified atom stereocenters. The molecule has 0 aliphatic rings. The number of unbranched alkanes of at least 4 members (excludes halogenated alkanes) is 1. The summed E-state index contributed by atoms with van der Waals surface area (Å²) in [6, 6.07) is 3.97. The van der Waals surface area contributed by atoms with Gasteiger partial charge in [-0.25, -0.2) is 4.39 Å². The number of nitrogens with one attached hydrogen (secondary N) is 1. The third-order valence-electron chi connectivity index (χ3n) is 2.70. The molecular formula is C13H19BrClFN2O. The highest BCUT2D eigenvalue weighted by Crippen LogP contribution is 2.18. The first-order valence-electron chi connectivity index (χ1n) is 6.04. The molecule has 1 rings (SSSR count). The summed E-state index contributed by atoms with van der Waals surface area (Å²) in [7, 11) is 0. The first kappa shape index (κ1) is 18.4. The normalized spacial score (nSPS) is 11.6. The molecule has 1 aromatic rings. The summed E-state index contributed by atoms with van der Waals surface area (Å²) in [6.45, 7) is 2.50. The second-order valence-electron chi connectivity index (χ2n) is 4.17. The summed E-state index contributed by atoms with van der Waals surface area (Å²) in [5.74, 6) is -0.604. The molecule has 6 heteroatoms. The molecule has 108 valence electrons. The van der Waals surface area contributed by atoms with Crippen LogP contribution < -0.4 is 11.1 Å². The summed E-state index contributed by atoms with van der Waals surface area (Å²) < 4.78 is 13.4. The van der Waals surface area contributed by atoms with E-state index in [4.69, 9.17) is 5.73 Å². The van der Waals surface area contributed by atoms with Crippen LogP contribution in [0.5, 0.6) is 0 Å². The van der Waals surface area contributed by atoms with Crippen molar-refractivity contribution in [2.45, 2.75) is 32.2 Å². The lowest BCUT2D eigenvalue weighted by Crippen LogP contribution is -2.40. The smallest absolute Gasteiger partial charge is 0.252 e. The van der Waals surface area contributed by atoms with Crippen LogP contribution in [-0.2, 0) is 0 Å². The number of hydrogen-bond acceptors (Lipinski definition) is 2. The minimum absolute atomic E-state index is 0. The summed E-state index contributed by atoms with van der Waals surface area (Å²) in [4.78, 5) is 12.0. The second-order valence-corrected chi connectivity index (χ2v) is 5.03. The minimum atomic E-state index is -0.375. The molecule has 3 N–H and O–H groups in total. The standard InChI is InChI=1S/C13H18BrFN2O.ClH/c1-2-3-4-10(8-16)17-13(18)11-6-5-9(15)7-12(11)14;/h5-7,10H,2-4,8,16H2,1H3,(H,17,18);1H. The number of amides is 1. The lowest BCUT2D eigenvalue weighted by atomic mass is 10.1. The Morgan fingerprint density at radius 2 is 2.21 bits per heavy atom. The van der Waals surface area contributed by atoms with Crippen LogP contribution in [0.2, 0.25) is 0 Å². The van der Waals surface area contributed by atoms with Gasteiger partial charge in [-0.3, -0.25) is 4.79 Å². The molecule has 0 radical (unpaired) electrons. The van der Waals surface area contributed by atoms with Crippen molar-refractivity contribution in [3.05, 3.63) is 34.1 Å². The van der Waals surface area contributed by atoms with E-state index in [1.165, 1.54) is 18.2 Å². The van der Waals surface area contributed by atoms with Gasteiger partial charge in [0, 0.05) is 17.1 Å². The third kappa shape index (κ3) is 5.89. The molecule has 0 aliphatic carbocycles. The van der Waals surface area contributed by atoms with Crippen molar-refractivity contribution in [3.8, 4) is 0 Å². The van der Waals surface area contributed by atoms with E-state index in [0.717, 1.165) is 19.3 Å². The van der Waals surface area contributed by atoms with Gasteiger partial charge in [-0.05, 0) is 40.5 Å². The lowest BCUT2D eigenvalue weighted by molar-refractivity contribution is 0.0935. The lowest BCUT2D eigenvalue weighted by Gasteiger charge is -2.17. The largest absolute Gasteiger partial charge is 0.348 e. The Morgan fingerprint density at radius 1 is 1.53 bits per heavy atom. The Kier molecular flexibility index (Phi) is 8.97. The van der Waals surface area contributed by atoms with Gasteiger partial charge in [-0.2, -0.15) is 0 Å². The van der Waals surface area contributed by atoms with Gasteiger partial charge in [0.15, 0.2) is 0 Å². The van der Waals surface area contributed by atoms with E-state index in [1.807, 2.05) is 0 Å². The van der Waals surface area contributed by atoms with E-state index >= 15 is 0 Å². The maximum atomic E-state index is 12.9. The van der Waals surface area contributed by atoms with Gasteiger partial charge in [0.05, 0.1) is 5.56 Å². The van der Waals surface area contributed by atoms with Gasteiger partial charge in [0.2, 0.25) is 0 Å². The van der Waals surface area contributed by atoms with Gasteiger partial charge in [0.25, 0.3) is 5.91 Å². The Hall–Kier alpha value is -0.650. The van der Waals surface area contributed by atoms with Crippen molar-refractivity contribution in [2.24, 2.45) is 5.73 Å². The van der Waals surface area contributed by atoms with E-state index in [2.05, 4.69) is 28.2 Å². The van der Waals surface area contributed by atoms with Gasteiger partial charge >= 0.3 is 0 Å². The molecule has 0 spiro atoms. The molecule has 0 bridgehead atoms. The molecule has 0 saturated carbocycles. The van der Waals surface area contributed by atoms with Crippen molar-refractivity contribution in [2.75, 3.05) is 6.54 Å². The van der Waals surface area contributed by atoms with Crippen LogP contribution >= 0.6 is 28.3 Å². The highest BCUT2D eigenvalue weighted by molar-refractivity contribution is 9.10. The molecule has 1 aromatic carbocycles. The molecule has 0 aliphatic heterocycles. The van der Waals surface area contributed by atoms with Crippen molar-refractivity contribution in [1.82, 2.24) is 5.32 Å². The molecular weight excluding hydrogens is 335 g/mol. The first-order chi connectivity index (χ1) is 8.58. The van der Waals surface area contributed by atoms with Crippen molar-refractivity contribution < 1.29 is 9.18 Å². The average molecular weight is 354 g/mol. The maximum absolute atomic E-state index is 12.9. The fourth-order valence-corrected chi connectivity index (χ4v) is 2.17. The number of nitrogens with two attached hydrogens (primary N) is 1. The molecule has 0 fully saturated rings. The number of hydrogen-bond donors (Lipinski definition) is 2. The van der Waals surface area contributed by atoms with Crippen LogP contribution in [0.4, 0.5) is 4.39 Å². The van der Waals surface area contributed by atoms with Gasteiger partial charge in [0.1, 0.15) is 5.82 Å². The molecule has 0 saturated heterocycles. The predicted molar refractivity (Wildman–Crippen MR) is 81.2 cm³/mol. The number of benzene rings is 1. The minimum Gasteiger partial charge on any atom is -0.348 e. The molecule has 0 aromatic heterocycles. The third-order valence-corrected chi connectivity index (χ3v) is 3.36. The quantitative estimate of drug-likeness (QED) is 0.825. The summed E-state index contributed by atoms with van der Waals surface area (Å²) in [5, 5.41) is 2.86. The summed E-state index contributed by atoms with van der Waals surface area (Å²) >= 11 is 3.18. The Morgan fingerprint density at radius 3 is 2.74 bits per heavy atom. The van der Waals surface area contributed by atoms with E-state index in [-0.39, 0.29) is 30.2 Å². The number of rotatable bonds is 6. The zero-order valence-corrected chi connectivity index (χ0v) is 13.2. The monoisotopic (exact) mass is 352 g/mol. The first-order valence-corrected chi connectivity index (χ1v) is 6.83. The predicted octanol–water partition coefficient (Wildman–Crippen LogP) is 3.26. The van der Waals surface area contributed by atoms with Crippen LogP contribution in [0.3, 0.4) is 0 Å². The molecule has 1 amide bonds. The molecule has 19 heavy (non-hydrogen) atoms. The second kappa shape index (κ2) is 9.28. The van der Waals surface area contributed by atoms with Gasteiger partial charge in [-0.15, -0.1) is 12.4 Å². The van der Waals surface area contributed by atoms with E-state index in [1.54, 1.807) is 0 Å². The Balaban J connectivity index is 0.00000324. The Bertz CT molecular complexity index is 418. The zero-order valence-electron chi connectivity index (χ0n) is 10.8. The number of halogens is 3. The van der Waals surface area contributed by atoms with Gasteiger partial charge < -0.3 is 11.1 Å². The summed E-state index contributed by atoms with van der Waals surface area (Å²) in [6.07, 6.45) is 2.94. The van der Waals surface area contributed by atoms with Crippen LogP contribution in [0.1, 0.15) is 36.5 Å². The zero-order chi connectivity index (χ0) is 13.5. The molecule has 1 atom stereocenters. The van der Waals surface area contributed by atoms with Crippen molar-refractivity contribution >= 4 is 34.2 Å². The van der Waals surface area contributed by atoms with Crippen molar-refractivity contribution in [3.63, 3.8) is 0 Å². The fraction of sp³-hybridized carbons (Fsp3) is 0.462. The van der Waals surface area contributed by atoms with Crippen LogP contribution in [0, 0.1) is 5.82 Å². The van der Waals surface area contributed by atoms with Crippen LogP contribution in [-0.4, -0.2) is 18.5 Å². The topological polar surface area (TPSA) is 55.1 Å². The highest BCUT2D eigenvalue weighted by Gasteiger charge is 2.14. The fourth-order valence-electron chi connectivity index (χ4n) is 1.64. The van der Waals surface area contributed by atoms with Crippen LogP contribution in [0.25, 0.3) is 0 Å². The maximum Gasteiger partial charge on any atom is 0.252 e. The van der Waals surface area contributed by atoms with Crippen LogP contribution in [0.15, 0.2) is 22.7 Å².